The summed E-state index contributed by atoms with van der Waals surface area (Å²) in [6.45, 7) is 2.15. The van der Waals surface area contributed by atoms with Gasteiger partial charge in [-0.2, -0.15) is 0 Å². The third-order valence-corrected chi connectivity index (χ3v) is 4.11. The van der Waals surface area contributed by atoms with Crippen LogP contribution in [0.2, 0.25) is 0 Å². The highest BCUT2D eigenvalue weighted by molar-refractivity contribution is 5.95. The number of amides is 1. The molecule has 0 heterocycles. The summed E-state index contributed by atoms with van der Waals surface area (Å²) in [6.07, 6.45) is 4.94. The average Bonchev–Trinajstić information content (AvgIpc) is 2.44. The summed E-state index contributed by atoms with van der Waals surface area (Å²) in [6, 6.07) is 2.13. The largest absolute Gasteiger partial charge is 0.396 e. The van der Waals surface area contributed by atoms with Gasteiger partial charge in [0, 0.05) is 6.04 Å². The van der Waals surface area contributed by atoms with E-state index in [1.165, 1.54) is 0 Å². The van der Waals surface area contributed by atoms with Crippen LogP contribution in [0.5, 0.6) is 0 Å². The molecule has 20 heavy (non-hydrogen) atoms. The lowest BCUT2D eigenvalue weighted by molar-refractivity contribution is 0.0913. The van der Waals surface area contributed by atoms with Gasteiger partial charge in [0.1, 0.15) is 11.4 Å². The highest BCUT2D eigenvalue weighted by Gasteiger charge is 2.25. The van der Waals surface area contributed by atoms with Crippen LogP contribution in [0.4, 0.5) is 14.5 Å². The molecule has 1 aromatic rings. The van der Waals surface area contributed by atoms with Gasteiger partial charge in [-0.15, -0.1) is 0 Å². The number of carbonyl (C=O) groups excluding carboxylic acids is 1. The third kappa shape index (κ3) is 3.08. The smallest absolute Gasteiger partial charge is 0.257 e. The van der Waals surface area contributed by atoms with Crippen LogP contribution in [-0.2, 0) is 0 Å². The van der Waals surface area contributed by atoms with Crippen LogP contribution in [0, 0.1) is 17.6 Å². The highest BCUT2D eigenvalue weighted by Crippen LogP contribution is 2.27. The van der Waals surface area contributed by atoms with Gasteiger partial charge in [-0.25, -0.2) is 8.78 Å². The van der Waals surface area contributed by atoms with Gasteiger partial charge in [0.05, 0.1) is 5.69 Å². The zero-order valence-electron chi connectivity index (χ0n) is 11.6. The van der Waals surface area contributed by atoms with Crippen molar-refractivity contribution in [3.63, 3.8) is 0 Å². The molecule has 0 spiro atoms. The first-order chi connectivity index (χ1) is 9.52. The molecule has 1 aromatic carbocycles. The van der Waals surface area contributed by atoms with Gasteiger partial charge in [0.25, 0.3) is 5.91 Å². The predicted octanol–water partition coefficient (Wildman–Crippen LogP) is 3.25. The second kappa shape index (κ2) is 6.20. The Balaban J connectivity index is 2.04. The maximum absolute atomic E-state index is 13.8. The van der Waals surface area contributed by atoms with Crippen molar-refractivity contribution in [2.24, 2.45) is 5.92 Å². The maximum Gasteiger partial charge on any atom is 0.257 e. The first-order valence-corrected chi connectivity index (χ1v) is 7.07. The molecule has 1 aliphatic carbocycles. The fourth-order valence-electron chi connectivity index (χ4n) is 2.75. The second-order valence-electron chi connectivity index (χ2n) is 5.42. The van der Waals surface area contributed by atoms with E-state index in [1.54, 1.807) is 0 Å². The molecule has 0 saturated heterocycles. The monoisotopic (exact) mass is 282 g/mol. The van der Waals surface area contributed by atoms with Crippen molar-refractivity contribution >= 4 is 11.6 Å². The Morgan fingerprint density at radius 1 is 1.30 bits per heavy atom. The molecule has 0 aromatic heterocycles. The summed E-state index contributed by atoms with van der Waals surface area (Å²) in [7, 11) is 0. The van der Waals surface area contributed by atoms with Gasteiger partial charge in [0.15, 0.2) is 5.82 Å². The van der Waals surface area contributed by atoms with E-state index in [4.69, 9.17) is 5.73 Å². The van der Waals surface area contributed by atoms with Crippen LogP contribution in [0.3, 0.4) is 0 Å². The molecule has 110 valence electrons. The summed E-state index contributed by atoms with van der Waals surface area (Å²) >= 11 is 0. The van der Waals surface area contributed by atoms with Gasteiger partial charge in [0.2, 0.25) is 0 Å². The van der Waals surface area contributed by atoms with Crippen molar-refractivity contribution in [3.8, 4) is 0 Å². The number of hydrogen-bond acceptors (Lipinski definition) is 2. The summed E-state index contributed by atoms with van der Waals surface area (Å²) in [4.78, 5) is 12.0. The average molecular weight is 282 g/mol. The van der Waals surface area contributed by atoms with Gasteiger partial charge in [-0.3, -0.25) is 4.79 Å². The molecule has 1 aliphatic rings. The lowest BCUT2D eigenvalue weighted by Crippen LogP contribution is -2.38. The van der Waals surface area contributed by atoms with Crippen molar-refractivity contribution in [1.29, 1.82) is 0 Å². The van der Waals surface area contributed by atoms with E-state index in [1.807, 2.05) is 0 Å². The van der Waals surface area contributed by atoms with E-state index < -0.39 is 23.1 Å². The van der Waals surface area contributed by atoms with E-state index >= 15 is 0 Å². The number of benzene rings is 1. The molecule has 0 bridgehead atoms. The molecule has 3 nitrogen and oxygen atoms in total. The second-order valence-corrected chi connectivity index (χ2v) is 5.42. The van der Waals surface area contributed by atoms with Crippen LogP contribution in [0.25, 0.3) is 0 Å². The number of rotatable bonds is 3. The summed E-state index contributed by atoms with van der Waals surface area (Å²) < 4.78 is 27.4. The Bertz CT molecular complexity index is 497. The standard InChI is InChI=1S/C15H20F2N2O/c1-2-9-3-5-10(6-4-9)19-15(20)13-11(16)7-8-12(18)14(13)17/h7-10H,2-6,18H2,1H3,(H,19,20). The Hall–Kier alpha value is -1.65. The van der Waals surface area contributed by atoms with Crippen molar-refractivity contribution in [2.45, 2.75) is 45.1 Å². The molecule has 3 N–H and O–H groups in total. The quantitative estimate of drug-likeness (QED) is 0.836. The van der Waals surface area contributed by atoms with Crippen molar-refractivity contribution in [3.05, 3.63) is 29.3 Å². The maximum atomic E-state index is 13.8. The Kier molecular flexibility index (Phi) is 4.57. The van der Waals surface area contributed by atoms with Crippen molar-refractivity contribution in [2.75, 3.05) is 5.73 Å². The molecule has 0 unspecified atom stereocenters. The topological polar surface area (TPSA) is 55.1 Å². The number of nitrogens with two attached hydrogens (primary N) is 1. The number of nitrogen functional groups attached to an aromatic ring is 1. The molecule has 0 atom stereocenters. The number of carbonyl (C=O) groups is 1. The Morgan fingerprint density at radius 3 is 2.55 bits per heavy atom. The SMILES string of the molecule is CCC1CCC(NC(=O)c2c(F)ccc(N)c2F)CC1. The van der Waals surface area contributed by atoms with E-state index in [2.05, 4.69) is 12.2 Å². The minimum absolute atomic E-state index is 0.00877. The van der Waals surface area contributed by atoms with E-state index in [9.17, 15) is 13.6 Å². The zero-order valence-corrected chi connectivity index (χ0v) is 11.6. The van der Waals surface area contributed by atoms with E-state index in [0.29, 0.717) is 5.92 Å². The van der Waals surface area contributed by atoms with Crippen LogP contribution < -0.4 is 11.1 Å². The van der Waals surface area contributed by atoms with E-state index in [-0.39, 0.29) is 11.7 Å². The molecule has 0 radical (unpaired) electrons. The normalized spacial score (nSPS) is 22.6. The number of anilines is 1. The first kappa shape index (κ1) is 14.8. The van der Waals surface area contributed by atoms with Crippen LogP contribution in [0.15, 0.2) is 12.1 Å². The van der Waals surface area contributed by atoms with Crippen LogP contribution >= 0.6 is 0 Å². The van der Waals surface area contributed by atoms with Crippen molar-refractivity contribution < 1.29 is 13.6 Å². The molecule has 1 fully saturated rings. The van der Waals surface area contributed by atoms with Crippen LogP contribution in [0.1, 0.15) is 49.4 Å². The number of halogens is 2. The molecule has 2 rings (SSSR count). The molecular weight excluding hydrogens is 262 g/mol. The Labute approximate surface area is 117 Å². The molecule has 1 amide bonds. The molecule has 1 saturated carbocycles. The van der Waals surface area contributed by atoms with E-state index in [0.717, 1.165) is 44.2 Å². The van der Waals surface area contributed by atoms with Gasteiger partial charge < -0.3 is 11.1 Å². The molecular formula is C15H20F2N2O. The fraction of sp³-hybridized carbons (Fsp3) is 0.533. The third-order valence-electron chi connectivity index (χ3n) is 4.11. The lowest BCUT2D eigenvalue weighted by atomic mass is 9.84. The van der Waals surface area contributed by atoms with Crippen LogP contribution in [-0.4, -0.2) is 11.9 Å². The minimum Gasteiger partial charge on any atom is -0.396 e. The zero-order chi connectivity index (χ0) is 14.7. The van der Waals surface area contributed by atoms with Gasteiger partial charge in [-0.1, -0.05) is 13.3 Å². The summed E-state index contributed by atoms with van der Waals surface area (Å²) in [5.74, 6) is -1.88. The van der Waals surface area contributed by atoms with Crippen molar-refractivity contribution in [1.82, 2.24) is 5.32 Å². The number of hydrogen-bond donors (Lipinski definition) is 2. The molecule has 0 aliphatic heterocycles. The molecule has 5 heteroatoms. The Morgan fingerprint density at radius 2 is 1.95 bits per heavy atom. The predicted molar refractivity (Wildman–Crippen MR) is 74.3 cm³/mol. The van der Waals surface area contributed by atoms with Gasteiger partial charge in [-0.05, 0) is 43.7 Å². The summed E-state index contributed by atoms with van der Waals surface area (Å²) in [5.41, 5.74) is 4.58. The summed E-state index contributed by atoms with van der Waals surface area (Å²) in [5, 5.41) is 2.71. The first-order valence-electron chi connectivity index (χ1n) is 7.07. The van der Waals surface area contributed by atoms with Gasteiger partial charge >= 0.3 is 0 Å². The highest BCUT2D eigenvalue weighted by atomic mass is 19.1. The lowest BCUT2D eigenvalue weighted by Gasteiger charge is -2.28. The number of nitrogens with one attached hydrogen (secondary N) is 1. The fourth-order valence-corrected chi connectivity index (χ4v) is 2.75. The minimum atomic E-state index is -0.982.